The Bertz CT molecular complexity index is 676. The second kappa shape index (κ2) is 6.93. The van der Waals surface area contributed by atoms with Crippen molar-refractivity contribution in [2.75, 3.05) is 11.9 Å². The fraction of sp³-hybridized carbons (Fsp3) is 0.267. The number of anilines is 2. The van der Waals surface area contributed by atoms with Gasteiger partial charge in [-0.1, -0.05) is 13.8 Å². The minimum Gasteiger partial charge on any atom is -0.350 e. The molecule has 2 rings (SSSR count). The number of carbonyl (C=O) groups is 1. The summed E-state index contributed by atoms with van der Waals surface area (Å²) in [6.07, 6.45) is 1.20. The minimum atomic E-state index is -0.746. The Balaban J connectivity index is 2.12. The zero-order chi connectivity index (χ0) is 16.1. The summed E-state index contributed by atoms with van der Waals surface area (Å²) in [5.74, 6) is -1.19. The van der Waals surface area contributed by atoms with Crippen molar-refractivity contribution >= 4 is 17.4 Å². The van der Waals surface area contributed by atoms with Crippen molar-refractivity contribution < 1.29 is 13.6 Å². The van der Waals surface area contributed by atoms with Gasteiger partial charge >= 0.3 is 0 Å². The standard InChI is InChI=1S/C15H16F2N4O/c1-9(2)7-18-15(22)13-6-14(20-8-19-13)21-12-4-3-10(16)5-11(12)17/h3-6,8-9H,7H2,1-2H3,(H,18,22)(H,19,20,21). The average Bonchev–Trinajstić information content (AvgIpc) is 2.48. The first-order valence-corrected chi connectivity index (χ1v) is 6.78. The Kier molecular flexibility index (Phi) is 4.98. The van der Waals surface area contributed by atoms with Gasteiger partial charge in [0, 0.05) is 18.7 Å². The molecule has 7 heteroatoms. The number of rotatable bonds is 5. The van der Waals surface area contributed by atoms with E-state index in [1.54, 1.807) is 0 Å². The molecule has 1 amide bonds. The van der Waals surface area contributed by atoms with E-state index in [1.165, 1.54) is 18.5 Å². The highest BCUT2D eigenvalue weighted by Crippen LogP contribution is 2.19. The Hall–Kier alpha value is -2.57. The third kappa shape index (κ3) is 4.21. The van der Waals surface area contributed by atoms with E-state index < -0.39 is 11.6 Å². The summed E-state index contributed by atoms with van der Waals surface area (Å²) in [5.41, 5.74) is 0.231. The molecule has 1 heterocycles. The molecule has 1 aromatic carbocycles. The predicted octanol–water partition coefficient (Wildman–Crippen LogP) is 2.88. The number of nitrogens with zero attached hydrogens (tertiary/aromatic N) is 2. The molecule has 2 N–H and O–H groups in total. The predicted molar refractivity (Wildman–Crippen MR) is 78.8 cm³/mol. The van der Waals surface area contributed by atoms with E-state index in [0.717, 1.165) is 12.1 Å². The van der Waals surface area contributed by atoms with Crippen molar-refractivity contribution in [3.8, 4) is 0 Å². The zero-order valence-corrected chi connectivity index (χ0v) is 12.2. The molecule has 0 bridgehead atoms. The van der Waals surface area contributed by atoms with Gasteiger partial charge in [-0.3, -0.25) is 4.79 Å². The van der Waals surface area contributed by atoms with Crippen molar-refractivity contribution in [2.24, 2.45) is 5.92 Å². The molecule has 1 aromatic heterocycles. The quantitative estimate of drug-likeness (QED) is 0.891. The maximum absolute atomic E-state index is 13.6. The lowest BCUT2D eigenvalue weighted by Crippen LogP contribution is -2.28. The van der Waals surface area contributed by atoms with E-state index in [0.29, 0.717) is 12.5 Å². The topological polar surface area (TPSA) is 66.9 Å². The first-order valence-electron chi connectivity index (χ1n) is 6.78. The van der Waals surface area contributed by atoms with Crippen LogP contribution in [-0.4, -0.2) is 22.4 Å². The second-order valence-electron chi connectivity index (χ2n) is 5.14. The molecule has 0 radical (unpaired) electrons. The lowest BCUT2D eigenvalue weighted by molar-refractivity contribution is 0.0944. The van der Waals surface area contributed by atoms with Crippen LogP contribution in [0.1, 0.15) is 24.3 Å². The van der Waals surface area contributed by atoms with Crippen LogP contribution in [0.5, 0.6) is 0 Å². The Morgan fingerprint density at radius 1 is 1.23 bits per heavy atom. The molecule has 0 atom stereocenters. The molecule has 5 nitrogen and oxygen atoms in total. The Morgan fingerprint density at radius 3 is 2.68 bits per heavy atom. The summed E-state index contributed by atoms with van der Waals surface area (Å²) in [5, 5.41) is 5.41. The van der Waals surface area contributed by atoms with Crippen molar-refractivity contribution in [2.45, 2.75) is 13.8 Å². The summed E-state index contributed by atoms with van der Waals surface area (Å²) < 4.78 is 26.4. The van der Waals surface area contributed by atoms with Gasteiger partial charge in [-0.2, -0.15) is 0 Å². The lowest BCUT2D eigenvalue weighted by Gasteiger charge is -2.09. The van der Waals surface area contributed by atoms with Crippen LogP contribution in [0.15, 0.2) is 30.6 Å². The first-order chi connectivity index (χ1) is 10.5. The van der Waals surface area contributed by atoms with Gasteiger partial charge in [0.15, 0.2) is 0 Å². The van der Waals surface area contributed by atoms with Crippen molar-refractivity contribution in [3.63, 3.8) is 0 Å². The smallest absolute Gasteiger partial charge is 0.270 e. The molecule has 0 saturated heterocycles. The number of hydrogen-bond donors (Lipinski definition) is 2. The molecule has 116 valence electrons. The molecule has 0 fully saturated rings. The van der Waals surface area contributed by atoms with E-state index in [1.807, 2.05) is 13.8 Å². The Morgan fingerprint density at radius 2 is 2.00 bits per heavy atom. The fourth-order valence-corrected chi connectivity index (χ4v) is 1.67. The van der Waals surface area contributed by atoms with Gasteiger partial charge in [0.2, 0.25) is 0 Å². The van der Waals surface area contributed by atoms with Crippen LogP contribution >= 0.6 is 0 Å². The monoisotopic (exact) mass is 306 g/mol. The van der Waals surface area contributed by atoms with Crippen molar-refractivity contribution in [1.82, 2.24) is 15.3 Å². The van der Waals surface area contributed by atoms with Crippen molar-refractivity contribution in [1.29, 1.82) is 0 Å². The summed E-state index contributed by atoms with van der Waals surface area (Å²) >= 11 is 0. The van der Waals surface area contributed by atoms with Gasteiger partial charge in [0.1, 0.15) is 29.5 Å². The second-order valence-corrected chi connectivity index (χ2v) is 5.14. The van der Waals surface area contributed by atoms with Crippen LogP contribution in [-0.2, 0) is 0 Å². The largest absolute Gasteiger partial charge is 0.350 e. The van der Waals surface area contributed by atoms with Gasteiger partial charge in [-0.25, -0.2) is 18.7 Å². The molecule has 0 unspecified atom stereocenters. The number of halogens is 2. The highest BCUT2D eigenvalue weighted by atomic mass is 19.1. The number of amides is 1. The maximum Gasteiger partial charge on any atom is 0.270 e. The fourth-order valence-electron chi connectivity index (χ4n) is 1.67. The first kappa shape index (κ1) is 15.8. The van der Waals surface area contributed by atoms with E-state index >= 15 is 0 Å². The van der Waals surface area contributed by atoms with E-state index in [-0.39, 0.29) is 23.1 Å². The molecule has 0 saturated carbocycles. The molecule has 0 aliphatic carbocycles. The molecule has 2 aromatic rings. The lowest BCUT2D eigenvalue weighted by atomic mass is 10.2. The van der Waals surface area contributed by atoms with Gasteiger partial charge in [-0.15, -0.1) is 0 Å². The minimum absolute atomic E-state index is 0.0636. The normalized spacial score (nSPS) is 10.6. The molecule has 0 spiro atoms. The highest BCUT2D eigenvalue weighted by Gasteiger charge is 2.10. The van der Waals surface area contributed by atoms with Crippen molar-refractivity contribution in [3.05, 3.63) is 47.9 Å². The van der Waals surface area contributed by atoms with Crippen LogP contribution in [0.3, 0.4) is 0 Å². The number of aromatic nitrogens is 2. The van der Waals surface area contributed by atoms with Gasteiger partial charge < -0.3 is 10.6 Å². The highest BCUT2D eigenvalue weighted by molar-refractivity contribution is 5.92. The molecule has 22 heavy (non-hydrogen) atoms. The van der Waals surface area contributed by atoms with Crippen LogP contribution in [0, 0.1) is 17.6 Å². The summed E-state index contributed by atoms with van der Waals surface area (Å²) in [6, 6.07) is 4.55. The number of benzene rings is 1. The number of carbonyl (C=O) groups excluding carboxylic acids is 1. The summed E-state index contributed by atoms with van der Waals surface area (Å²) in [4.78, 5) is 19.7. The van der Waals surface area contributed by atoms with Crippen LogP contribution < -0.4 is 10.6 Å². The zero-order valence-electron chi connectivity index (χ0n) is 12.2. The van der Waals surface area contributed by atoms with Gasteiger partial charge in [-0.05, 0) is 18.1 Å². The third-order valence-corrected chi connectivity index (χ3v) is 2.76. The van der Waals surface area contributed by atoms with Gasteiger partial charge in [0.25, 0.3) is 5.91 Å². The average molecular weight is 306 g/mol. The van der Waals surface area contributed by atoms with Crippen LogP contribution in [0.4, 0.5) is 20.3 Å². The molecular weight excluding hydrogens is 290 g/mol. The van der Waals surface area contributed by atoms with E-state index in [2.05, 4.69) is 20.6 Å². The molecule has 0 aliphatic heterocycles. The SMILES string of the molecule is CC(C)CNC(=O)c1cc(Nc2ccc(F)cc2F)ncn1. The Labute approximate surface area is 126 Å². The van der Waals surface area contributed by atoms with Crippen LogP contribution in [0.25, 0.3) is 0 Å². The summed E-state index contributed by atoms with van der Waals surface area (Å²) in [6.45, 7) is 4.48. The van der Waals surface area contributed by atoms with Gasteiger partial charge in [0.05, 0.1) is 5.69 Å². The summed E-state index contributed by atoms with van der Waals surface area (Å²) in [7, 11) is 0. The molecular formula is C15H16F2N4O. The van der Waals surface area contributed by atoms with Crippen LogP contribution in [0.2, 0.25) is 0 Å². The number of hydrogen-bond acceptors (Lipinski definition) is 4. The maximum atomic E-state index is 13.6. The molecule has 0 aliphatic rings. The van der Waals surface area contributed by atoms with E-state index in [9.17, 15) is 13.6 Å². The van der Waals surface area contributed by atoms with E-state index in [4.69, 9.17) is 0 Å². The third-order valence-electron chi connectivity index (χ3n) is 2.76. The number of nitrogens with one attached hydrogen (secondary N) is 2.